The van der Waals surface area contributed by atoms with Crippen LogP contribution in [0.1, 0.15) is 91.9 Å². The molecule has 0 aliphatic heterocycles. The van der Waals surface area contributed by atoms with Crippen molar-refractivity contribution in [3.05, 3.63) is 12.2 Å². The first kappa shape index (κ1) is 26.3. The van der Waals surface area contributed by atoms with Crippen molar-refractivity contribution in [3.63, 3.8) is 0 Å². The molecular weight excluding hydrogens is 340 g/mol. The molecule has 0 rings (SSSR count). The van der Waals surface area contributed by atoms with Gasteiger partial charge in [0.15, 0.2) is 5.78 Å². The second-order valence-corrected chi connectivity index (χ2v) is 7.72. The number of Topliss-reactive ketones (excluding diaryl/α,β-unsaturated/α-hetero) is 1. The van der Waals surface area contributed by atoms with E-state index in [4.69, 9.17) is 14.2 Å². The molecule has 0 saturated heterocycles. The predicted octanol–water partition coefficient (Wildman–Crippen LogP) is 6.29. The quantitative estimate of drug-likeness (QED) is 0.168. The van der Waals surface area contributed by atoms with E-state index in [1.54, 1.807) is 21.3 Å². The first-order valence-corrected chi connectivity index (χ1v) is 10.7. The highest BCUT2D eigenvalue weighted by Crippen LogP contribution is 2.52. The number of allylic oxidation sites excluding steroid dienone is 1. The third-order valence-electron chi connectivity index (χ3n) is 5.81. The molecule has 0 saturated carbocycles. The van der Waals surface area contributed by atoms with E-state index in [-0.39, 0.29) is 11.7 Å². The average molecular weight is 385 g/mol. The van der Waals surface area contributed by atoms with Crippen molar-refractivity contribution in [2.24, 2.45) is 11.3 Å². The number of hydrogen-bond acceptors (Lipinski definition) is 4. The van der Waals surface area contributed by atoms with Crippen LogP contribution in [0.5, 0.6) is 0 Å². The van der Waals surface area contributed by atoms with Gasteiger partial charge in [0.25, 0.3) is 5.97 Å². The van der Waals surface area contributed by atoms with Gasteiger partial charge in [0.2, 0.25) is 0 Å². The Bertz CT molecular complexity index is 412. The summed E-state index contributed by atoms with van der Waals surface area (Å²) < 4.78 is 17.5. The third kappa shape index (κ3) is 6.40. The molecule has 4 nitrogen and oxygen atoms in total. The molecule has 0 aromatic heterocycles. The number of hydrogen-bond donors (Lipinski definition) is 0. The van der Waals surface area contributed by atoms with Gasteiger partial charge in [-0.2, -0.15) is 0 Å². The highest BCUT2D eigenvalue weighted by molar-refractivity contribution is 5.96. The number of methoxy groups -OCH3 is 3. The molecule has 0 N–H and O–H groups in total. The van der Waals surface area contributed by atoms with Crippen molar-refractivity contribution in [2.75, 3.05) is 21.3 Å². The van der Waals surface area contributed by atoms with E-state index in [1.165, 1.54) is 19.3 Å². The van der Waals surface area contributed by atoms with Gasteiger partial charge in [0, 0.05) is 27.2 Å². The SMILES string of the molecule is C=C(C)C(=O)C(CCCCCCC)C(CCC)(CCC)C(OC)(OC)OC. The monoisotopic (exact) mass is 384 g/mol. The molecule has 27 heavy (non-hydrogen) atoms. The van der Waals surface area contributed by atoms with Gasteiger partial charge in [0.05, 0.1) is 5.41 Å². The fourth-order valence-corrected chi connectivity index (χ4v) is 4.65. The molecule has 0 amide bonds. The van der Waals surface area contributed by atoms with Crippen LogP contribution in [0.2, 0.25) is 0 Å². The van der Waals surface area contributed by atoms with Crippen molar-refractivity contribution in [3.8, 4) is 0 Å². The van der Waals surface area contributed by atoms with Gasteiger partial charge >= 0.3 is 0 Å². The smallest absolute Gasteiger partial charge is 0.288 e. The number of rotatable bonds is 17. The Labute approximate surface area is 168 Å². The maximum Gasteiger partial charge on any atom is 0.288 e. The van der Waals surface area contributed by atoms with E-state index in [0.717, 1.165) is 44.9 Å². The topological polar surface area (TPSA) is 44.8 Å². The summed E-state index contributed by atoms with van der Waals surface area (Å²) in [4.78, 5) is 13.3. The largest absolute Gasteiger partial charge is 0.330 e. The van der Waals surface area contributed by atoms with Crippen molar-refractivity contribution in [1.29, 1.82) is 0 Å². The summed E-state index contributed by atoms with van der Waals surface area (Å²) in [6, 6.07) is 0. The van der Waals surface area contributed by atoms with Crippen LogP contribution in [-0.2, 0) is 19.0 Å². The van der Waals surface area contributed by atoms with Gasteiger partial charge in [-0.15, -0.1) is 0 Å². The van der Waals surface area contributed by atoms with Crippen LogP contribution in [-0.4, -0.2) is 33.1 Å². The van der Waals surface area contributed by atoms with Gasteiger partial charge in [-0.3, -0.25) is 4.79 Å². The van der Waals surface area contributed by atoms with E-state index in [9.17, 15) is 4.79 Å². The van der Waals surface area contributed by atoms with Crippen LogP contribution in [0.25, 0.3) is 0 Å². The summed E-state index contributed by atoms with van der Waals surface area (Å²) in [6.07, 6.45) is 10.1. The average Bonchev–Trinajstić information content (AvgIpc) is 2.66. The van der Waals surface area contributed by atoms with E-state index < -0.39 is 11.4 Å². The lowest BCUT2D eigenvalue weighted by atomic mass is 9.63. The molecule has 4 heteroatoms. The van der Waals surface area contributed by atoms with Gasteiger partial charge in [-0.05, 0) is 31.8 Å². The number of unbranched alkanes of at least 4 members (excludes halogenated alkanes) is 4. The summed E-state index contributed by atoms with van der Waals surface area (Å²) in [5.41, 5.74) is 0.0533. The number of carbonyl (C=O) groups excluding carboxylic acids is 1. The Morgan fingerprint density at radius 3 is 1.70 bits per heavy atom. The first-order valence-electron chi connectivity index (χ1n) is 10.7. The highest BCUT2D eigenvalue weighted by atomic mass is 16.9. The molecule has 1 unspecified atom stereocenters. The summed E-state index contributed by atoms with van der Waals surface area (Å²) >= 11 is 0. The van der Waals surface area contributed by atoms with Crippen LogP contribution in [0.4, 0.5) is 0 Å². The lowest BCUT2D eigenvalue weighted by Crippen LogP contribution is -2.58. The third-order valence-corrected chi connectivity index (χ3v) is 5.81. The fraction of sp³-hybridized carbons (Fsp3) is 0.870. The number of carbonyl (C=O) groups is 1. The molecule has 1 atom stereocenters. The van der Waals surface area contributed by atoms with Gasteiger partial charge in [-0.1, -0.05) is 72.3 Å². The molecule has 0 spiro atoms. The maximum absolute atomic E-state index is 13.3. The Morgan fingerprint density at radius 1 is 0.852 bits per heavy atom. The molecule has 0 aromatic carbocycles. The first-order chi connectivity index (χ1) is 12.9. The zero-order valence-electron chi connectivity index (χ0n) is 19.0. The Balaban J connectivity index is 6.07. The predicted molar refractivity (Wildman–Crippen MR) is 113 cm³/mol. The van der Waals surface area contributed by atoms with Crippen LogP contribution >= 0.6 is 0 Å². The molecule has 160 valence electrons. The molecule has 0 radical (unpaired) electrons. The molecule has 0 heterocycles. The van der Waals surface area contributed by atoms with Gasteiger partial charge in [-0.25, -0.2) is 0 Å². The van der Waals surface area contributed by atoms with E-state index in [2.05, 4.69) is 27.4 Å². The second-order valence-electron chi connectivity index (χ2n) is 7.72. The summed E-state index contributed by atoms with van der Waals surface area (Å²) in [5, 5.41) is 0. The normalized spacial score (nSPS) is 13.6. The van der Waals surface area contributed by atoms with E-state index >= 15 is 0 Å². The maximum atomic E-state index is 13.3. The summed E-state index contributed by atoms with van der Waals surface area (Å²) in [6.45, 7) is 12.3. The molecule has 0 fully saturated rings. The van der Waals surface area contributed by atoms with Crippen LogP contribution in [0.3, 0.4) is 0 Å². The van der Waals surface area contributed by atoms with Crippen molar-refractivity contribution in [2.45, 2.75) is 97.9 Å². The summed E-state index contributed by atoms with van der Waals surface area (Å²) in [7, 11) is 4.82. The lowest BCUT2D eigenvalue weighted by Gasteiger charge is -2.51. The van der Waals surface area contributed by atoms with Crippen LogP contribution < -0.4 is 0 Å². The van der Waals surface area contributed by atoms with Gasteiger partial charge in [0.1, 0.15) is 0 Å². The molecule has 0 aliphatic rings. The van der Waals surface area contributed by atoms with E-state index in [0.29, 0.717) is 5.57 Å². The minimum Gasteiger partial charge on any atom is -0.330 e. The second kappa shape index (κ2) is 13.5. The van der Waals surface area contributed by atoms with Crippen molar-refractivity contribution >= 4 is 5.78 Å². The molecule has 0 aliphatic carbocycles. The van der Waals surface area contributed by atoms with Crippen LogP contribution in [0, 0.1) is 11.3 Å². The Hall–Kier alpha value is -0.710. The summed E-state index contributed by atoms with van der Waals surface area (Å²) in [5.74, 6) is -1.35. The Kier molecular flexibility index (Phi) is 13.1. The van der Waals surface area contributed by atoms with Crippen LogP contribution in [0.15, 0.2) is 12.2 Å². The number of ether oxygens (including phenoxy) is 3. The Morgan fingerprint density at radius 2 is 1.33 bits per heavy atom. The lowest BCUT2D eigenvalue weighted by molar-refractivity contribution is -0.416. The molecular formula is C23H44O4. The zero-order chi connectivity index (χ0) is 20.9. The minimum atomic E-state index is -1.24. The minimum absolute atomic E-state index is 0.114. The van der Waals surface area contributed by atoms with E-state index in [1.807, 2.05) is 6.92 Å². The molecule has 0 bridgehead atoms. The number of ketones is 1. The van der Waals surface area contributed by atoms with Crippen molar-refractivity contribution < 1.29 is 19.0 Å². The zero-order valence-corrected chi connectivity index (χ0v) is 19.0. The van der Waals surface area contributed by atoms with Crippen molar-refractivity contribution in [1.82, 2.24) is 0 Å². The molecule has 0 aromatic rings. The fourth-order valence-electron chi connectivity index (χ4n) is 4.65. The standard InChI is InChI=1S/C23H44O4/c1-9-12-13-14-15-16-20(21(24)19(4)5)22(17-10-2,18-11-3)23(25-6,26-7)27-8/h20H,4,9-18H2,1-3,5-8H3. The highest BCUT2D eigenvalue weighted by Gasteiger charge is 2.58. The van der Waals surface area contributed by atoms with Gasteiger partial charge < -0.3 is 14.2 Å².